The summed E-state index contributed by atoms with van der Waals surface area (Å²) < 4.78 is 23.9. The lowest BCUT2D eigenvalue weighted by Crippen LogP contribution is -2.28. The first-order valence-corrected chi connectivity index (χ1v) is 14.0. The first-order valence-electron chi connectivity index (χ1n) is 13.2. The van der Waals surface area contributed by atoms with E-state index in [1.807, 2.05) is 36.4 Å². The summed E-state index contributed by atoms with van der Waals surface area (Å²) in [6, 6.07) is 11.2. The second-order valence-electron chi connectivity index (χ2n) is 9.75. The summed E-state index contributed by atoms with van der Waals surface area (Å²) in [5.41, 5.74) is 1.88. The number of carboxylic acids is 1. The highest BCUT2D eigenvalue weighted by Gasteiger charge is 2.28. The molecular weight excluding hydrogens is 548 g/mol. The zero-order valence-electron chi connectivity index (χ0n) is 23.2. The molecular formula is C30H32N2O8S. The summed E-state index contributed by atoms with van der Waals surface area (Å²) in [6.45, 7) is 3.03. The molecule has 3 aromatic rings. The van der Waals surface area contributed by atoms with E-state index < -0.39 is 11.9 Å². The molecule has 0 saturated carbocycles. The van der Waals surface area contributed by atoms with E-state index in [9.17, 15) is 14.4 Å². The van der Waals surface area contributed by atoms with Crippen molar-refractivity contribution >= 4 is 39.1 Å². The lowest BCUT2D eigenvalue weighted by molar-refractivity contribution is -0.145. The van der Waals surface area contributed by atoms with Crippen LogP contribution in [0.15, 0.2) is 30.3 Å². The van der Waals surface area contributed by atoms with Crippen LogP contribution in [0.25, 0.3) is 10.1 Å². The molecule has 0 saturated heterocycles. The number of carbonyl (C=O) groups is 3. The number of Topliss-reactive ketones (excluding diaryl/α,β-unsaturated/α-hetero) is 1. The number of nitrogens with zero attached hydrogens (tertiary/aromatic N) is 2. The standard InChI is InChI=1S/C30H32N2O8S/c1-18(30(35)36)10-29(34)32-16-20-12-23(37-2)26(13-21(20)17-32)40-9-5-8-39-25-11-19-14-28(22(33)6-4-7-31)41-27(19)15-24(25)38-3/h11-15,18H,4-6,8-10,16-17H2,1-3H3,(H,35,36)/t18-/m0/s1. The Kier molecular flexibility index (Phi) is 9.68. The topological polar surface area (TPSA) is 135 Å². The minimum absolute atomic E-state index is 0.0461. The van der Waals surface area contributed by atoms with Crippen molar-refractivity contribution in [1.82, 2.24) is 4.90 Å². The largest absolute Gasteiger partial charge is 0.493 e. The van der Waals surface area contributed by atoms with Gasteiger partial charge in [0.05, 0.1) is 44.3 Å². The van der Waals surface area contributed by atoms with Gasteiger partial charge in [-0.05, 0) is 40.8 Å². The Hall–Kier alpha value is -4.30. The van der Waals surface area contributed by atoms with Gasteiger partial charge in [0.1, 0.15) is 0 Å². The minimum atomic E-state index is -0.990. The summed E-state index contributed by atoms with van der Waals surface area (Å²) in [5.74, 6) is 0.256. The molecule has 10 nitrogen and oxygen atoms in total. The van der Waals surface area contributed by atoms with Crippen LogP contribution in [0.4, 0.5) is 0 Å². The third-order valence-electron chi connectivity index (χ3n) is 6.81. The first-order chi connectivity index (χ1) is 19.7. The van der Waals surface area contributed by atoms with Gasteiger partial charge in [0.15, 0.2) is 28.8 Å². The van der Waals surface area contributed by atoms with E-state index in [0.29, 0.717) is 60.6 Å². The van der Waals surface area contributed by atoms with Crippen molar-refractivity contribution in [2.45, 2.75) is 45.7 Å². The second kappa shape index (κ2) is 13.4. The molecule has 0 aliphatic carbocycles. The van der Waals surface area contributed by atoms with Crippen LogP contribution in [0.5, 0.6) is 23.0 Å². The maximum atomic E-state index is 12.6. The Bertz CT molecular complexity index is 1490. The van der Waals surface area contributed by atoms with Crippen LogP contribution in [0.2, 0.25) is 0 Å². The van der Waals surface area contributed by atoms with Gasteiger partial charge in [-0.25, -0.2) is 0 Å². The lowest BCUT2D eigenvalue weighted by Gasteiger charge is -2.16. The van der Waals surface area contributed by atoms with E-state index in [0.717, 1.165) is 21.2 Å². The fraction of sp³-hybridized carbons (Fsp3) is 0.400. The Morgan fingerprint density at radius 2 is 1.59 bits per heavy atom. The van der Waals surface area contributed by atoms with Gasteiger partial charge in [-0.2, -0.15) is 5.26 Å². The highest BCUT2D eigenvalue weighted by atomic mass is 32.1. The predicted octanol–water partition coefficient (Wildman–Crippen LogP) is 5.21. The van der Waals surface area contributed by atoms with Crippen LogP contribution < -0.4 is 18.9 Å². The molecule has 1 aromatic heterocycles. The van der Waals surface area contributed by atoms with E-state index in [1.54, 1.807) is 19.1 Å². The Labute approximate surface area is 242 Å². The molecule has 1 atom stereocenters. The van der Waals surface area contributed by atoms with Gasteiger partial charge in [0, 0.05) is 49.5 Å². The third-order valence-corrected chi connectivity index (χ3v) is 7.95. The Morgan fingerprint density at radius 3 is 2.20 bits per heavy atom. The van der Waals surface area contributed by atoms with Crippen molar-refractivity contribution in [1.29, 1.82) is 5.26 Å². The molecule has 2 aromatic carbocycles. The van der Waals surface area contributed by atoms with Crippen molar-refractivity contribution in [3.8, 4) is 29.1 Å². The molecule has 0 spiro atoms. The van der Waals surface area contributed by atoms with Crippen molar-refractivity contribution in [2.75, 3.05) is 27.4 Å². The number of ketones is 1. The van der Waals surface area contributed by atoms with Crippen molar-refractivity contribution in [3.05, 3.63) is 46.3 Å². The summed E-state index contributed by atoms with van der Waals surface area (Å²) in [5, 5.41) is 18.7. The van der Waals surface area contributed by atoms with Crippen LogP contribution >= 0.6 is 11.3 Å². The number of methoxy groups -OCH3 is 2. The van der Waals surface area contributed by atoms with E-state index in [-0.39, 0.29) is 31.0 Å². The van der Waals surface area contributed by atoms with Gasteiger partial charge in [-0.15, -0.1) is 11.3 Å². The van der Waals surface area contributed by atoms with Crippen molar-refractivity contribution in [3.63, 3.8) is 0 Å². The van der Waals surface area contributed by atoms with Gasteiger partial charge >= 0.3 is 5.97 Å². The van der Waals surface area contributed by atoms with Gasteiger partial charge in [-0.3, -0.25) is 14.4 Å². The number of thiophene rings is 1. The Morgan fingerprint density at radius 1 is 0.976 bits per heavy atom. The van der Waals surface area contributed by atoms with Gasteiger partial charge in [0.25, 0.3) is 0 Å². The molecule has 0 bridgehead atoms. The number of aliphatic carboxylic acids is 1. The molecule has 2 heterocycles. The molecule has 1 aliphatic heterocycles. The summed E-state index contributed by atoms with van der Waals surface area (Å²) in [7, 11) is 3.12. The maximum Gasteiger partial charge on any atom is 0.306 e. The van der Waals surface area contributed by atoms with Gasteiger partial charge in [0.2, 0.25) is 5.91 Å². The molecule has 0 radical (unpaired) electrons. The molecule has 11 heteroatoms. The number of carbonyl (C=O) groups excluding carboxylic acids is 2. The van der Waals surface area contributed by atoms with Gasteiger partial charge < -0.3 is 29.0 Å². The van der Waals surface area contributed by atoms with Crippen LogP contribution in [0.3, 0.4) is 0 Å². The van der Waals surface area contributed by atoms with Crippen LogP contribution in [-0.2, 0) is 22.7 Å². The monoisotopic (exact) mass is 580 g/mol. The van der Waals surface area contributed by atoms with Crippen molar-refractivity contribution < 1.29 is 38.4 Å². The number of rotatable bonds is 14. The fourth-order valence-electron chi connectivity index (χ4n) is 4.51. The molecule has 0 fully saturated rings. The quantitative estimate of drug-likeness (QED) is 0.201. The van der Waals surface area contributed by atoms with Crippen LogP contribution in [0.1, 0.15) is 53.4 Å². The lowest BCUT2D eigenvalue weighted by atomic mass is 10.1. The van der Waals surface area contributed by atoms with Crippen LogP contribution in [0, 0.1) is 17.2 Å². The molecule has 216 valence electrons. The summed E-state index contributed by atoms with van der Waals surface area (Å²) in [4.78, 5) is 38.3. The highest BCUT2D eigenvalue weighted by Crippen LogP contribution is 2.38. The SMILES string of the molecule is COc1cc2c(cc1OCCCOc1cc3cc(C(=O)CCC#N)sc3cc1OC)CN(C(=O)C[C@H](C)C(=O)O)C2. The second-order valence-corrected chi connectivity index (χ2v) is 10.8. The zero-order valence-corrected chi connectivity index (χ0v) is 24.0. The molecule has 0 unspecified atom stereocenters. The summed E-state index contributed by atoms with van der Waals surface area (Å²) in [6.07, 6.45) is 0.910. The van der Waals surface area contributed by atoms with E-state index in [1.165, 1.54) is 18.3 Å². The smallest absolute Gasteiger partial charge is 0.306 e. The number of ether oxygens (including phenoxy) is 4. The molecule has 1 amide bonds. The molecule has 1 aliphatic rings. The first kappa shape index (κ1) is 29.7. The molecule has 1 N–H and O–H groups in total. The van der Waals surface area contributed by atoms with Crippen LogP contribution in [-0.4, -0.2) is 55.1 Å². The number of fused-ring (bicyclic) bond motifs is 2. The van der Waals surface area contributed by atoms with E-state index in [2.05, 4.69) is 0 Å². The van der Waals surface area contributed by atoms with E-state index >= 15 is 0 Å². The zero-order chi connectivity index (χ0) is 29.5. The minimum Gasteiger partial charge on any atom is -0.493 e. The third kappa shape index (κ3) is 7.08. The molecule has 41 heavy (non-hydrogen) atoms. The number of nitriles is 1. The number of benzene rings is 2. The Balaban J connectivity index is 1.33. The highest BCUT2D eigenvalue weighted by molar-refractivity contribution is 7.20. The summed E-state index contributed by atoms with van der Waals surface area (Å²) >= 11 is 1.37. The average Bonchev–Trinajstić information content (AvgIpc) is 3.58. The predicted molar refractivity (Wildman–Crippen MR) is 152 cm³/mol. The fourth-order valence-corrected chi connectivity index (χ4v) is 5.55. The van der Waals surface area contributed by atoms with Gasteiger partial charge in [-0.1, -0.05) is 6.92 Å². The van der Waals surface area contributed by atoms with Crippen molar-refractivity contribution in [2.24, 2.45) is 5.92 Å². The number of amides is 1. The number of hydrogen-bond donors (Lipinski definition) is 1. The number of carboxylic acid groups (broad SMARTS) is 1. The molecule has 4 rings (SSSR count). The number of hydrogen-bond acceptors (Lipinski definition) is 9. The van der Waals surface area contributed by atoms with E-state index in [4.69, 9.17) is 29.3 Å². The average molecular weight is 581 g/mol. The normalized spacial score (nSPS) is 12.9. The maximum absolute atomic E-state index is 12.6.